The van der Waals surface area contributed by atoms with Gasteiger partial charge in [0.25, 0.3) is 0 Å². The van der Waals surface area contributed by atoms with E-state index >= 15 is 0 Å². The predicted octanol–water partition coefficient (Wildman–Crippen LogP) is 2.03. The highest BCUT2D eigenvalue weighted by atomic mass is 28.3. The number of nitrogens with zero attached hydrogens (tertiary/aromatic N) is 1. The molecule has 18 heavy (non-hydrogen) atoms. The smallest absolute Gasteiger partial charge is 0.410 e. The van der Waals surface area contributed by atoms with Crippen molar-refractivity contribution < 1.29 is 19.1 Å². The lowest BCUT2D eigenvalue weighted by Crippen LogP contribution is -2.44. The number of rotatable bonds is 1. The van der Waals surface area contributed by atoms with Crippen molar-refractivity contribution >= 4 is 20.1 Å². The van der Waals surface area contributed by atoms with Crippen LogP contribution in [-0.2, 0) is 14.3 Å². The van der Waals surface area contributed by atoms with Gasteiger partial charge in [-0.25, -0.2) is 9.59 Å². The van der Waals surface area contributed by atoms with Gasteiger partial charge in [0.05, 0.1) is 15.2 Å². The lowest BCUT2D eigenvalue weighted by molar-refractivity contribution is -0.145. The first-order chi connectivity index (χ1) is 8.06. The average molecular weight is 273 g/mol. The first-order valence-corrected chi connectivity index (χ1v) is 9.55. The standard InChI is InChI=1S/C12H23NO4Si/c1-12(2,3)17-11(15)13-8-18(5,6)7-9(13)10(14)16-4/h9H,7-8H2,1-6H3/t9-/m1/s1. The van der Waals surface area contributed by atoms with E-state index in [4.69, 9.17) is 9.47 Å². The molecule has 1 fully saturated rings. The zero-order valence-corrected chi connectivity index (χ0v) is 13.1. The lowest BCUT2D eigenvalue weighted by atomic mass is 10.2. The van der Waals surface area contributed by atoms with Gasteiger partial charge in [-0.1, -0.05) is 13.1 Å². The summed E-state index contributed by atoms with van der Waals surface area (Å²) in [6.45, 7) is 9.77. The van der Waals surface area contributed by atoms with Crippen molar-refractivity contribution in [3.63, 3.8) is 0 Å². The highest BCUT2D eigenvalue weighted by Gasteiger charge is 2.46. The van der Waals surface area contributed by atoms with E-state index in [9.17, 15) is 9.59 Å². The van der Waals surface area contributed by atoms with Crippen LogP contribution in [0.25, 0.3) is 0 Å². The number of esters is 1. The van der Waals surface area contributed by atoms with Crippen LogP contribution in [0.2, 0.25) is 19.1 Å². The molecule has 5 nitrogen and oxygen atoms in total. The summed E-state index contributed by atoms with van der Waals surface area (Å²) in [6.07, 6.45) is 0.220. The largest absolute Gasteiger partial charge is 0.467 e. The summed E-state index contributed by atoms with van der Waals surface area (Å²) >= 11 is 0. The second-order valence-electron chi connectivity index (χ2n) is 6.52. The minimum absolute atomic E-state index is 0.348. The van der Waals surface area contributed by atoms with E-state index in [-0.39, 0.29) is 5.97 Å². The first kappa shape index (κ1) is 15.0. The van der Waals surface area contributed by atoms with Crippen molar-refractivity contribution in [3.8, 4) is 0 Å². The highest BCUT2D eigenvalue weighted by molar-refractivity contribution is 6.78. The third-order valence-corrected chi connectivity index (χ3v) is 5.51. The molecule has 1 rings (SSSR count). The Kier molecular flexibility index (Phi) is 4.10. The molecule has 0 aromatic rings. The van der Waals surface area contributed by atoms with E-state index in [2.05, 4.69) is 13.1 Å². The number of methoxy groups -OCH3 is 1. The van der Waals surface area contributed by atoms with E-state index in [1.165, 1.54) is 12.0 Å². The Morgan fingerprint density at radius 3 is 2.28 bits per heavy atom. The Bertz CT molecular complexity index is 348. The van der Waals surface area contributed by atoms with Gasteiger partial charge >= 0.3 is 12.1 Å². The van der Waals surface area contributed by atoms with E-state index in [0.29, 0.717) is 6.17 Å². The quantitative estimate of drug-likeness (QED) is 0.542. The topological polar surface area (TPSA) is 55.8 Å². The predicted molar refractivity (Wildman–Crippen MR) is 71.0 cm³/mol. The maximum Gasteiger partial charge on any atom is 0.410 e. The Labute approximate surface area is 109 Å². The van der Waals surface area contributed by atoms with E-state index in [1.807, 2.05) is 20.8 Å². The maximum atomic E-state index is 12.1. The van der Waals surface area contributed by atoms with Crippen molar-refractivity contribution in [1.82, 2.24) is 4.90 Å². The van der Waals surface area contributed by atoms with Gasteiger partial charge < -0.3 is 9.47 Å². The molecule has 0 spiro atoms. The zero-order chi connectivity index (χ0) is 14.1. The van der Waals surface area contributed by atoms with Gasteiger partial charge in [-0.3, -0.25) is 4.90 Å². The molecule has 0 saturated carbocycles. The molecule has 1 atom stereocenters. The summed E-state index contributed by atoms with van der Waals surface area (Å²) in [5.41, 5.74) is -0.550. The van der Waals surface area contributed by atoms with Crippen LogP contribution in [0.1, 0.15) is 20.8 Å². The molecule has 6 heteroatoms. The summed E-state index contributed by atoms with van der Waals surface area (Å²) in [5.74, 6) is -0.348. The van der Waals surface area contributed by atoms with Crippen molar-refractivity contribution in [2.75, 3.05) is 13.3 Å². The zero-order valence-electron chi connectivity index (χ0n) is 12.1. The van der Waals surface area contributed by atoms with Gasteiger partial charge in [0.2, 0.25) is 0 Å². The Morgan fingerprint density at radius 1 is 1.28 bits per heavy atom. The van der Waals surface area contributed by atoms with E-state index in [0.717, 1.165) is 6.04 Å². The fourth-order valence-electron chi connectivity index (χ4n) is 2.13. The summed E-state index contributed by atoms with van der Waals surface area (Å²) in [6, 6.07) is 0.255. The van der Waals surface area contributed by atoms with Gasteiger partial charge in [-0.2, -0.15) is 0 Å². The summed E-state index contributed by atoms with van der Waals surface area (Å²) < 4.78 is 10.1. The number of carbonyl (C=O) groups excluding carboxylic acids is 2. The molecule has 0 radical (unpaired) electrons. The number of carbonyl (C=O) groups is 2. The van der Waals surface area contributed by atoms with Gasteiger partial charge in [-0.15, -0.1) is 0 Å². The third kappa shape index (κ3) is 3.73. The number of hydrogen-bond acceptors (Lipinski definition) is 4. The summed E-state index contributed by atoms with van der Waals surface area (Å²) in [5, 5.41) is 0. The van der Waals surface area contributed by atoms with Crippen molar-refractivity contribution in [3.05, 3.63) is 0 Å². The fourth-order valence-corrected chi connectivity index (χ4v) is 4.96. The van der Waals surface area contributed by atoms with Crippen LogP contribution >= 0.6 is 0 Å². The van der Waals surface area contributed by atoms with Crippen LogP contribution in [0.5, 0.6) is 0 Å². The van der Waals surface area contributed by atoms with Gasteiger partial charge in [-0.05, 0) is 26.8 Å². The monoisotopic (exact) mass is 273 g/mol. The molecule has 1 amide bonds. The molecule has 1 heterocycles. The second-order valence-corrected chi connectivity index (χ2v) is 11.6. The minimum Gasteiger partial charge on any atom is -0.467 e. The average Bonchev–Trinajstić information content (AvgIpc) is 2.51. The molecule has 0 aliphatic carbocycles. The van der Waals surface area contributed by atoms with Crippen LogP contribution in [0.15, 0.2) is 0 Å². The van der Waals surface area contributed by atoms with Crippen molar-refractivity contribution in [2.24, 2.45) is 0 Å². The molecule has 1 aliphatic rings. The molecular formula is C12H23NO4Si. The molecule has 0 unspecified atom stereocenters. The first-order valence-electron chi connectivity index (χ1n) is 6.13. The van der Waals surface area contributed by atoms with E-state index < -0.39 is 25.8 Å². The van der Waals surface area contributed by atoms with Crippen LogP contribution < -0.4 is 0 Å². The lowest BCUT2D eigenvalue weighted by Gasteiger charge is -2.27. The van der Waals surface area contributed by atoms with E-state index in [1.54, 1.807) is 0 Å². The molecule has 104 valence electrons. The highest BCUT2D eigenvalue weighted by Crippen LogP contribution is 2.28. The SMILES string of the molecule is COC(=O)[C@H]1C[Si](C)(C)CN1C(=O)OC(C)(C)C. The molecule has 0 bridgehead atoms. The van der Waals surface area contributed by atoms with Gasteiger partial charge in [0.15, 0.2) is 0 Å². The Morgan fingerprint density at radius 2 is 1.83 bits per heavy atom. The normalized spacial score (nSPS) is 22.8. The molecular weight excluding hydrogens is 250 g/mol. The fraction of sp³-hybridized carbons (Fsp3) is 0.833. The Hall–Kier alpha value is -1.04. The molecule has 1 aliphatic heterocycles. The van der Waals surface area contributed by atoms with Crippen LogP contribution in [0, 0.1) is 0 Å². The van der Waals surface area contributed by atoms with Gasteiger partial charge in [0, 0.05) is 6.17 Å². The summed E-state index contributed by atoms with van der Waals surface area (Å²) in [7, 11) is -0.210. The maximum absolute atomic E-state index is 12.1. The molecule has 0 N–H and O–H groups in total. The number of hydrogen-bond donors (Lipinski definition) is 0. The van der Waals surface area contributed by atoms with Crippen LogP contribution in [0.4, 0.5) is 4.79 Å². The number of amides is 1. The van der Waals surface area contributed by atoms with Crippen molar-refractivity contribution in [1.29, 1.82) is 0 Å². The van der Waals surface area contributed by atoms with Gasteiger partial charge in [0.1, 0.15) is 11.6 Å². The van der Waals surface area contributed by atoms with Crippen LogP contribution in [0.3, 0.4) is 0 Å². The molecule has 0 aromatic carbocycles. The summed E-state index contributed by atoms with van der Waals surface area (Å²) in [4.78, 5) is 25.4. The third-order valence-electron chi connectivity index (χ3n) is 2.82. The Balaban J connectivity index is 2.84. The molecule has 0 aromatic heterocycles. The minimum atomic E-state index is -1.56. The second kappa shape index (κ2) is 4.91. The molecule has 1 saturated heterocycles. The van der Waals surface area contributed by atoms with Crippen molar-refractivity contribution in [2.45, 2.75) is 51.6 Å². The van der Waals surface area contributed by atoms with Crippen LogP contribution in [-0.4, -0.2) is 50.0 Å². The number of ether oxygens (including phenoxy) is 2.